The van der Waals surface area contributed by atoms with Crippen molar-refractivity contribution in [1.29, 1.82) is 0 Å². The number of aliphatic hydroxyl groups excluding tert-OH is 1. The summed E-state index contributed by atoms with van der Waals surface area (Å²) in [5, 5.41) is 17.0. The van der Waals surface area contributed by atoms with E-state index in [1.54, 1.807) is 6.33 Å². The van der Waals surface area contributed by atoms with Crippen LogP contribution in [0.2, 0.25) is 0 Å². The van der Waals surface area contributed by atoms with Crippen molar-refractivity contribution in [2.75, 3.05) is 18.5 Å². The minimum Gasteiger partial charge on any atom is -0.396 e. The molecule has 1 atom stereocenters. The van der Waals surface area contributed by atoms with Crippen molar-refractivity contribution in [3.8, 4) is 5.95 Å². The number of nitrogens with zero attached hydrogens (tertiary/aromatic N) is 6. The van der Waals surface area contributed by atoms with Crippen molar-refractivity contribution in [3.05, 3.63) is 12.7 Å². The summed E-state index contributed by atoms with van der Waals surface area (Å²) in [6, 6.07) is 0. The van der Waals surface area contributed by atoms with Gasteiger partial charge in [-0.3, -0.25) is 0 Å². The van der Waals surface area contributed by atoms with Crippen molar-refractivity contribution in [2.45, 2.75) is 37.1 Å². The van der Waals surface area contributed by atoms with Gasteiger partial charge in [0.2, 0.25) is 5.95 Å². The van der Waals surface area contributed by atoms with Gasteiger partial charge in [0.15, 0.2) is 5.16 Å². The van der Waals surface area contributed by atoms with E-state index in [9.17, 15) is 0 Å². The highest BCUT2D eigenvalue weighted by Crippen LogP contribution is 2.22. The van der Waals surface area contributed by atoms with Crippen molar-refractivity contribution in [3.63, 3.8) is 0 Å². The summed E-state index contributed by atoms with van der Waals surface area (Å²) in [5.74, 6) is 0.954. The molecule has 8 nitrogen and oxygen atoms in total. The Hall–Kier alpha value is -1.74. The molecule has 21 heavy (non-hydrogen) atoms. The van der Waals surface area contributed by atoms with Gasteiger partial charge in [-0.2, -0.15) is 24.7 Å². The summed E-state index contributed by atoms with van der Waals surface area (Å²) in [6.07, 6.45) is 4.65. The summed E-state index contributed by atoms with van der Waals surface area (Å²) in [5.41, 5.74) is 0. The van der Waals surface area contributed by atoms with E-state index in [-0.39, 0.29) is 11.9 Å². The van der Waals surface area contributed by atoms with Gasteiger partial charge in [-0.1, -0.05) is 25.6 Å². The second kappa shape index (κ2) is 7.89. The van der Waals surface area contributed by atoms with Crippen LogP contribution in [0.1, 0.15) is 26.7 Å². The maximum atomic E-state index is 8.99. The minimum atomic E-state index is 0.149. The van der Waals surface area contributed by atoms with E-state index in [1.807, 2.05) is 6.92 Å². The van der Waals surface area contributed by atoms with E-state index in [1.165, 1.54) is 22.8 Å². The molecular weight excluding hydrogens is 290 g/mol. The second-order valence-corrected chi connectivity index (χ2v) is 5.85. The standard InChI is InChI=1S/C12H19N7OS/c1-3-5-14-10-16-11(19-8-13-7-15-19)18-12(17-10)21-9(2)4-6-20/h7-9,20H,3-6H2,1-2H3,(H,14,16,17,18). The van der Waals surface area contributed by atoms with Crippen LogP contribution in [0.15, 0.2) is 17.8 Å². The monoisotopic (exact) mass is 309 g/mol. The van der Waals surface area contributed by atoms with Crippen LogP contribution < -0.4 is 5.32 Å². The lowest BCUT2D eigenvalue weighted by atomic mass is 10.4. The van der Waals surface area contributed by atoms with E-state index >= 15 is 0 Å². The van der Waals surface area contributed by atoms with E-state index in [0.717, 1.165) is 13.0 Å². The molecule has 2 N–H and O–H groups in total. The van der Waals surface area contributed by atoms with Gasteiger partial charge < -0.3 is 10.4 Å². The van der Waals surface area contributed by atoms with Gasteiger partial charge in [0.25, 0.3) is 5.95 Å². The van der Waals surface area contributed by atoms with Gasteiger partial charge in [-0.05, 0) is 12.8 Å². The van der Waals surface area contributed by atoms with Crippen molar-refractivity contribution in [1.82, 2.24) is 29.7 Å². The molecule has 0 spiro atoms. The fourth-order valence-electron chi connectivity index (χ4n) is 1.55. The Morgan fingerprint density at radius 2 is 2.24 bits per heavy atom. The average Bonchev–Trinajstić information content (AvgIpc) is 2.99. The molecular formula is C12H19N7OS. The summed E-state index contributed by atoms with van der Waals surface area (Å²) in [6.45, 7) is 5.04. The van der Waals surface area contributed by atoms with Crippen LogP contribution in [0.4, 0.5) is 5.95 Å². The van der Waals surface area contributed by atoms with Crippen LogP contribution in [-0.4, -0.2) is 53.2 Å². The number of aromatic nitrogens is 6. The Labute approximate surface area is 127 Å². The molecule has 0 aliphatic rings. The smallest absolute Gasteiger partial charge is 0.257 e. The minimum absolute atomic E-state index is 0.149. The quantitative estimate of drug-likeness (QED) is 0.700. The number of hydrogen-bond donors (Lipinski definition) is 2. The largest absolute Gasteiger partial charge is 0.396 e. The van der Waals surface area contributed by atoms with Gasteiger partial charge in [0.1, 0.15) is 12.7 Å². The molecule has 2 rings (SSSR count). The molecule has 2 heterocycles. The number of hydrogen-bond acceptors (Lipinski definition) is 8. The maximum absolute atomic E-state index is 8.99. The third kappa shape index (κ3) is 4.64. The summed E-state index contributed by atoms with van der Waals surface area (Å²) in [7, 11) is 0. The van der Waals surface area contributed by atoms with E-state index in [0.29, 0.717) is 23.5 Å². The zero-order valence-electron chi connectivity index (χ0n) is 12.1. The van der Waals surface area contributed by atoms with Crippen LogP contribution in [0.25, 0.3) is 5.95 Å². The highest BCUT2D eigenvalue weighted by Gasteiger charge is 2.12. The van der Waals surface area contributed by atoms with Crippen LogP contribution in [0.5, 0.6) is 0 Å². The molecule has 2 aromatic rings. The fourth-order valence-corrected chi connectivity index (χ4v) is 2.41. The molecule has 114 valence electrons. The Morgan fingerprint density at radius 3 is 2.90 bits per heavy atom. The van der Waals surface area contributed by atoms with E-state index < -0.39 is 0 Å². The Morgan fingerprint density at radius 1 is 1.38 bits per heavy atom. The maximum Gasteiger partial charge on any atom is 0.257 e. The summed E-state index contributed by atoms with van der Waals surface area (Å²) < 4.78 is 1.50. The molecule has 1 unspecified atom stereocenters. The third-order valence-corrected chi connectivity index (χ3v) is 3.63. The predicted molar refractivity (Wildman–Crippen MR) is 80.5 cm³/mol. The molecule has 0 amide bonds. The lowest BCUT2D eigenvalue weighted by molar-refractivity contribution is 0.289. The normalized spacial score (nSPS) is 12.3. The van der Waals surface area contributed by atoms with Crippen molar-refractivity contribution < 1.29 is 5.11 Å². The first-order valence-corrected chi connectivity index (χ1v) is 7.73. The van der Waals surface area contributed by atoms with E-state index in [2.05, 4.69) is 37.3 Å². The molecule has 0 fully saturated rings. The summed E-state index contributed by atoms with van der Waals surface area (Å²) >= 11 is 1.50. The first kappa shape index (κ1) is 15.6. The molecule has 0 radical (unpaired) electrons. The average molecular weight is 309 g/mol. The second-order valence-electron chi connectivity index (χ2n) is 4.45. The molecule has 0 aliphatic carbocycles. The Bertz CT molecular complexity index is 549. The highest BCUT2D eigenvalue weighted by molar-refractivity contribution is 7.99. The van der Waals surface area contributed by atoms with Crippen molar-refractivity contribution in [2.24, 2.45) is 0 Å². The topological polar surface area (TPSA) is 102 Å². The van der Waals surface area contributed by atoms with Crippen molar-refractivity contribution >= 4 is 17.7 Å². The molecule has 0 bridgehead atoms. The van der Waals surface area contributed by atoms with Gasteiger partial charge in [-0.25, -0.2) is 4.98 Å². The number of thioether (sulfide) groups is 1. The zero-order chi connectivity index (χ0) is 15.1. The first-order valence-electron chi connectivity index (χ1n) is 6.85. The first-order chi connectivity index (χ1) is 10.2. The Balaban J connectivity index is 2.24. The van der Waals surface area contributed by atoms with Crippen LogP contribution >= 0.6 is 11.8 Å². The van der Waals surface area contributed by atoms with E-state index in [4.69, 9.17) is 5.11 Å². The van der Waals surface area contributed by atoms with Crippen LogP contribution in [0.3, 0.4) is 0 Å². The number of nitrogens with one attached hydrogen (secondary N) is 1. The SMILES string of the molecule is CCCNc1nc(SC(C)CCO)nc(-n2cncn2)n1. The lowest BCUT2D eigenvalue weighted by Gasteiger charge is -2.10. The van der Waals surface area contributed by atoms with Gasteiger partial charge in [-0.15, -0.1) is 0 Å². The lowest BCUT2D eigenvalue weighted by Crippen LogP contribution is -2.11. The summed E-state index contributed by atoms with van der Waals surface area (Å²) in [4.78, 5) is 17.0. The predicted octanol–water partition coefficient (Wildman–Crippen LogP) is 1.14. The molecule has 9 heteroatoms. The molecule has 2 aromatic heterocycles. The van der Waals surface area contributed by atoms with Gasteiger partial charge in [0, 0.05) is 18.4 Å². The van der Waals surface area contributed by atoms with Crippen LogP contribution in [0, 0.1) is 0 Å². The Kier molecular flexibility index (Phi) is 5.88. The molecule has 0 saturated carbocycles. The third-order valence-electron chi connectivity index (χ3n) is 2.60. The number of aliphatic hydroxyl groups is 1. The van der Waals surface area contributed by atoms with Crippen LogP contribution in [-0.2, 0) is 0 Å². The molecule has 0 aliphatic heterocycles. The number of rotatable bonds is 8. The zero-order valence-corrected chi connectivity index (χ0v) is 12.9. The molecule has 0 aromatic carbocycles. The highest BCUT2D eigenvalue weighted by atomic mass is 32.2. The fraction of sp³-hybridized carbons (Fsp3) is 0.583. The van der Waals surface area contributed by atoms with Gasteiger partial charge >= 0.3 is 0 Å². The van der Waals surface area contributed by atoms with Gasteiger partial charge in [0.05, 0.1) is 0 Å². The number of anilines is 1. The molecule has 0 saturated heterocycles.